The molecular weight excluding hydrogens is 216 g/mol. The van der Waals surface area contributed by atoms with E-state index in [9.17, 15) is 0 Å². The van der Waals surface area contributed by atoms with E-state index in [0.29, 0.717) is 5.82 Å². The predicted octanol–water partition coefficient (Wildman–Crippen LogP) is 1.44. The summed E-state index contributed by atoms with van der Waals surface area (Å²) in [6.45, 7) is 2.93. The summed E-state index contributed by atoms with van der Waals surface area (Å²) in [6.07, 6.45) is 5.44. The molecule has 2 heterocycles. The maximum Gasteiger partial charge on any atom is 0.143 e. The number of rotatable bonds is 4. The predicted molar refractivity (Wildman–Crippen MR) is 66.5 cm³/mol. The minimum absolute atomic E-state index is 0.265. The molecule has 0 radical (unpaired) electrons. The molecule has 0 amide bonds. The van der Waals surface area contributed by atoms with Gasteiger partial charge >= 0.3 is 0 Å². The lowest BCUT2D eigenvalue weighted by atomic mass is 10.1. The van der Waals surface area contributed by atoms with Crippen LogP contribution in [0.3, 0.4) is 0 Å². The minimum atomic E-state index is 0.265. The van der Waals surface area contributed by atoms with Crippen LogP contribution in [0, 0.1) is 0 Å². The van der Waals surface area contributed by atoms with Gasteiger partial charge in [-0.15, -0.1) is 0 Å². The molecule has 0 aliphatic carbocycles. The molecule has 1 aliphatic rings. The van der Waals surface area contributed by atoms with Crippen molar-refractivity contribution >= 4 is 5.82 Å². The molecule has 1 fully saturated rings. The first kappa shape index (κ1) is 12.3. The minimum Gasteiger partial charge on any atom is -0.378 e. The molecule has 1 aromatic rings. The number of aryl methyl sites for hydroxylation is 1. The number of nitrogens with zero attached hydrogens (tertiary/aromatic N) is 2. The first-order valence-electron chi connectivity index (χ1n) is 6.27. The second-order valence-electron chi connectivity index (χ2n) is 4.35. The highest BCUT2D eigenvalue weighted by atomic mass is 16.5. The van der Waals surface area contributed by atoms with Crippen LogP contribution < -0.4 is 11.3 Å². The average molecular weight is 236 g/mol. The Morgan fingerprint density at radius 3 is 3.00 bits per heavy atom. The standard InChI is InChI=1S/C12H20N4O/c1-2-9-7-12(16-13)15-11(14-9)8-10-5-3-4-6-17-10/h7,10H,2-6,8,13H2,1H3,(H,14,15,16). The van der Waals surface area contributed by atoms with Gasteiger partial charge in [0.15, 0.2) is 0 Å². The monoisotopic (exact) mass is 236 g/mol. The van der Waals surface area contributed by atoms with Gasteiger partial charge in [0.1, 0.15) is 11.6 Å². The third-order valence-corrected chi connectivity index (χ3v) is 3.02. The maximum atomic E-state index is 5.70. The molecule has 17 heavy (non-hydrogen) atoms. The third-order valence-electron chi connectivity index (χ3n) is 3.02. The SMILES string of the molecule is CCc1cc(NN)nc(CC2CCCCO2)n1. The molecular formula is C12H20N4O. The Balaban J connectivity index is 2.07. The molecule has 5 nitrogen and oxygen atoms in total. The average Bonchev–Trinajstić information content (AvgIpc) is 2.39. The van der Waals surface area contributed by atoms with Crippen molar-refractivity contribution in [1.82, 2.24) is 9.97 Å². The van der Waals surface area contributed by atoms with Gasteiger partial charge in [0.25, 0.3) is 0 Å². The second kappa shape index (κ2) is 5.93. The topological polar surface area (TPSA) is 73.1 Å². The number of hydrazine groups is 1. The van der Waals surface area contributed by atoms with E-state index in [0.717, 1.165) is 37.4 Å². The zero-order chi connectivity index (χ0) is 12.1. The van der Waals surface area contributed by atoms with E-state index in [1.54, 1.807) is 0 Å². The van der Waals surface area contributed by atoms with Gasteiger partial charge in [0.2, 0.25) is 0 Å². The molecule has 1 aromatic heterocycles. The molecule has 1 unspecified atom stereocenters. The number of anilines is 1. The van der Waals surface area contributed by atoms with Crippen molar-refractivity contribution in [1.29, 1.82) is 0 Å². The fraction of sp³-hybridized carbons (Fsp3) is 0.667. The summed E-state index contributed by atoms with van der Waals surface area (Å²) in [7, 11) is 0. The molecule has 5 heteroatoms. The Kier molecular flexibility index (Phi) is 4.28. The Labute approximate surface area is 102 Å². The molecule has 0 spiro atoms. The molecule has 3 N–H and O–H groups in total. The van der Waals surface area contributed by atoms with Crippen molar-refractivity contribution < 1.29 is 4.74 Å². The highest BCUT2D eigenvalue weighted by molar-refractivity contribution is 5.34. The van der Waals surface area contributed by atoms with Crippen LogP contribution in [0.15, 0.2) is 6.07 Å². The van der Waals surface area contributed by atoms with Crippen LogP contribution in [-0.2, 0) is 17.6 Å². The fourth-order valence-corrected chi connectivity index (χ4v) is 2.07. The van der Waals surface area contributed by atoms with Gasteiger partial charge in [-0.1, -0.05) is 6.92 Å². The summed E-state index contributed by atoms with van der Waals surface area (Å²) >= 11 is 0. The Hall–Kier alpha value is -1.20. The first-order valence-corrected chi connectivity index (χ1v) is 6.27. The molecule has 2 rings (SSSR count). The van der Waals surface area contributed by atoms with Crippen molar-refractivity contribution in [2.24, 2.45) is 5.84 Å². The summed E-state index contributed by atoms with van der Waals surface area (Å²) in [5.41, 5.74) is 3.60. The number of nitrogen functional groups attached to an aromatic ring is 1. The van der Waals surface area contributed by atoms with Crippen molar-refractivity contribution in [3.05, 3.63) is 17.6 Å². The zero-order valence-electron chi connectivity index (χ0n) is 10.3. The first-order chi connectivity index (χ1) is 8.31. The highest BCUT2D eigenvalue weighted by Crippen LogP contribution is 2.17. The lowest BCUT2D eigenvalue weighted by Gasteiger charge is -2.22. The lowest BCUT2D eigenvalue weighted by molar-refractivity contribution is 0.0156. The van der Waals surface area contributed by atoms with Crippen molar-refractivity contribution in [2.75, 3.05) is 12.0 Å². The van der Waals surface area contributed by atoms with Gasteiger partial charge in [-0.25, -0.2) is 15.8 Å². The summed E-state index contributed by atoms with van der Waals surface area (Å²) in [4.78, 5) is 8.87. The van der Waals surface area contributed by atoms with Gasteiger partial charge in [-0.3, -0.25) is 0 Å². The molecule has 1 saturated heterocycles. The van der Waals surface area contributed by atoms with Gasteiger partial charge in [-0.2, -0.15) is 0 Å². The van der Waals surface area contributed by atoms with Crippen LogP contribution in [0.5, 0.6) is 0 Å². The highest BCUT2D eigenvalue weighted by Gasteiger charge is 2.16. The molecule has 1 aliphatic heterocycles. The van der Waals surface area contributed by atoms with E-state index in [4.69, 9.17) is 10.6 Å². The Morgan fingerprint density at radius 2 is 2.35 bits per heavy atom. The molecule has 0 aromatic carbocycles. The quantitative estimate of drug-likeness (QED) is 0.611. The van der Waals surface area contributed by atoms with Crippen LogP contribution >= 0.6 is 0 Å². The normalized spacial score (nSPS) is 20.2. The largest absolute Gasteiger partial charge is 0.378 e. The molecule has 0 saturated carbocycles. The van der Waals surface area contributed by atoms with E-state index >= 15 is 0 Å². The van der Waals surface area contributed by atoms with E-state index in [1.165, 1.54) is 12.8 Å². The van der Waals surface area contributed by atoms with Crippen molar-refractivity contribution in [2.45, 2.75) is 45.1 Å². The number of aromatic nitrogens is 2. The lowest BCUT2D eigenvalue weighted by Crippen LogP contribution is -2.23. The number of nitrogens with one attached hydrogen (secondary N) is 1. The summed E-state index contributed by atoms with van der Waals surface area (Å²) < 4.78 is 5.70. The maximum absolute atomic E-state index is 5.70. The van der Waals surface area contributed by atoms with Crippen molar-refractivity contribution in [3.63, 3.8) is 0 Å². The number of hydrogen-bond donors (Lipinski definition) is 2. The van der Waals surface area contributed by atoms with E-state index in [1.807, 2.05) is 6.07 Å². The summed E-state index contributed by atoms with van der Waals surface area (Å²) in [5.74, 6) is 6.91. The van der Waals surface area contributed by atoms with E-state index in [2.05, 4.69) is 22.3 Å². The van der Waals surface area contributed by atoms with Gasteiger partial charge in [0.05, 0.1) is 6.10 Å². The third kappa shape index (κ3) is 3.38. The van der Waals surface area contributed by atoms with Crippen LogP contribution in [0.2, 0.25) is 0 Å². The molecule has 1 atom stereocenters. The van der Waals surface area contributed by atoms with Gasteiger partial charge in [0, 0.05) is 24.8 Å². The Bertz CT molecular complexity index is 341. The molecule has 0 bridgehead atoms. The molecule has 94 valence electrons. The second-order valence-corrected chi connectivity index (χ2v) is 4.35. The van der Waals surface area contributed by atoms with Crippen LogP contribution in [0.25, 0.3) is 0 Å². The zero-order valence-corrected chi connectivity index (χ0v) is 10.3. The fourth-order valence-electron chi connectivity index (χ4n) is 2.07. The van der Waals surface area contributed by atoms with Crippen LogP contribution in [0.4, 0.5) is 5.82 Å². The summed E-state index contributed by atoms with van der Waals surface area (Å²) in [5, 5.41) is 0. The van der Waals surface area contributed by atoms with Crippen LogP contribution in [-0.4, -0.2) is 22.7 Å². The van der Waals surface area contributed by atoms with E-state index in [-0.39, 0.29) is 6.10 Å². The van der Waals surface area contributed by atoms with Gasteiger partial charge < -0.3 is 10.2 Å². The number of hydrogen-bond acceptors (Lipinski definition) is 5. The smallest absolute Gasteiger partial charge is 0.143 e. The summed E-state index contributed by atoms with van der Waals surface area (Å²) in [6, 6.07) is 1.88. The Morgan fingerprint density at radius 1 is 1.47 bits per heavy atom. The van der Waals surface area contributed by atoms with Gasteiger partial charge in [-0.05, 0) is 25.7 Å². The van der Waals surface area contributed by atoms with E-state index < -0.39 is 0 Å². The van der Waals surface area contributed by atoms with Crippen LogP contribution in [0.1, 0.15) is 37.7 Å². The number of nitrogens with two attached hydrogens (primary N) is 1. The van der Waals surface area contributed by atoms with Crippen molar-refractivity contribution in [3.8, 4) is 0 Å². The number of ether oxygens (including phenoxy) is 1.